The molecule has 4 rings (SSSR count). The van der Waals surface area contributed by atoms with Crippen LogP contribution in [-0.4, -0.2) is 23.7 Å². The molecular weight excluding hydrogens is 436 g/mol. The largest absolute Gasteiger partial charge is 0.320 e. The van der Waals surface area contributed by atoms with Gasteiger partial charge in [-0.3, -0.25) is 14.8 Å². The van der Waals surface area contributed by atoms with Gasteiger partial charge >= 0.3 is 0 Å². The minimum Gasteiger partial charge on any atom is -0.320 e. The molecule has 0 saturated heterocycles. The van der Waals surface area contributed by atoms with Crippen LogP contribution in [0.25, 0.3) is 11.0 Å². The lowest BCUT2D eigenvalue weighted by Gasteiger charge is -2.15. The summed E-state index contributed by atoms with van der Waals surface area (Å²) in [5.74, 6) is 0. The van der Waals surface area contributed by atoms with Crippen molar-refractivity contribution in [1.29, 1.82) is 0 Å². The molecule has 0 aliphatic heterocycles. The summed E-state index contributed by atoms with van der Waals surface area (Å²) in [6.45, 7) is 2.07. The second kappa shape index (κ2) is 8.61. The molecule has 0 spiro atoms. The number of hydrazine groups is 1. The van der Waals surface area contributed by atoms with Crippen molar-refractivity contribution >= 4 is 38.1 Å². The summed E-state index contributed by atoms with van der Waals surface area (Å²) in [4.78, 5) is 10.3. The monoisotopic (exact) mass is 454 g/mol. The molecule has 0 unspecified atom stereocenters. The van der Waals surface area contributed by atoms with E-state index < -0.39 is 14.9 Å². The van der Waals surface area contributed by atoms with Crippen molar-refractivity contribution in [3.05, 3.63) is 81.9 Å². The zero-order valence-corrected chi connectivity index (χ0v) is 17.6. The van der Waals surface area contributed by atoms with Crippen LogP contribution in [-0.2, 0) is 16.6 Å². The van der Waals surface area contributed by atoms with Gasteiger partial charge in [-0.2, -0.15) is 0 Å². The molecule has 32 heavy (non-hydrogen) atoms. The van der Waals surface area contributed by atoms with E-state index in [1.807, 2.05) is 6.07 Å². The highest BCUT2D eigenvalue weighted by atomic mass is 32.2. The number of sulfonamides is 1. The summed E-state index contributed by atoms with van der Waals surface area (Å²) >= 11 is 0. The topological polar surface area (TPSA) is 152 Å². The Morgan fingerprint density at radius 1 is 1.00 bits per heavy atom. The molecular formula is C20H18N6O5S. The molecule has 3 aromatic carbocycles. The van der Waals surface area contributed by atoms with Gasteiger partial charge in [-0.15, -0.1) is 0 Å². The number of benzene rings is 3. The molecule has 0 bridgehead atoms. The fourth-order valence-corrected chi connectivity index (χ4v) is 4.33. The van der Waals surface area contributed by atoms with Crippen LogP contribution in [0.2, 0.25) is 0 Å². The van der Waals surface area contributed by atoms with E-state index in [0.717, 1.165) is 11.6 Å². The molecule has 0 fully saturated rings. The first-order valence-corrected chi connectivity index (χ1v) is 10.9. The number of hydrogen-bond donors (Lipinski definition) is 3. The molecule has 11 nitrogen and oxygen atoms in total. The molecule has 3 N–H and O–H groups in total. The second-order valence-electron chi connectivity index (χ2n) is 6.92. The van der Waals surface area contributed by atoms with Crippen molar-refractivity contribution in [2.24, 2.45) is 0 Å². The number of nitro groups is 1. The molecule has 0 saturated carbocycles. The Morgan fingerprint density at radius 3 is 2.56 bits per heavy atom. The first-order chi connectivity index (χ1) is 15.3. The predicted molar refractivity (Wildman–Crippen MR) is 117 cm³/mol. The van der Waals surface area contributed by atoms with Gasteiger partial charge in [0.1, 0.15) is 15.9 Å². The maximum absolute atomic E-state index is 13.1. The third-order valence-electron chi connectivity index (χ3n) is 4.69. The van der Waals surface area contributed by atoms with Crippen molar-refractivity contribution in [3.8, 4) is 0 Å². The van der Waals surface area contributed by atoms with Crippen LogP contribution < -0.4 is 15.6 Å². The summed E-state index contributed by atoms with van der Waals surface area (Å²) in [7, 11) is -4.13. The number of rotatable bonds is 8. The zero-order chi connectivity index (χ0) is 22.7. The molecule has 0 amide bonds. The fourth-order valence-electron chi connectivity index (χ4n) is 3.02. The van der Waals surface area contributed by atoms with E-state index in [2.05, 4.69) is 30.5 Å². The molecule has 0 aliphatic rings. The van der Waals surface area contributed by atoms with Crippen molar-refractivity contribution in [1.82, 2.24) is 15.7 Å². The van der Waals surface area contributed by atoms with Gasteiger partial charge in [0.15, 0.2) is 0 Å². The van der Waals surface area contributed by atoms with Crippen molar-refractivity contribution < 1.29 is 18.0 Å². The molecule has 0 atom stereocenters. The summed E-state index contributed by atoms with van der Waals surface area (Å²) in [6.07, 6.45) is 0. The number of nitro benzene ring substituents is 1. The molecule has 12 heteroatoms. The van der Waals surface area contributed by atoms with Gasteiger partial charge in [-0.05, 0) is 52.6 Å². The minimum absolute atomic E-state index is 0.154. The Kier molecular flexibility index (Phi) is 5.71. The van der Waals surface area contributed by atoms with E-state index in [4.69, 9.17) is 0 Å². The average Bonchev–Trinajstić information content (AvgIpc) is 3.23. The van der Waals surface area contributed by atoms with Crippen LogP contribution >= 0.6 is 0 Å². The standard InChI is InChI=1S/C20H18N6O5S/c1-13-4-2-3-5-16(13)25-32(29,30)20-11-15(26(27)28)7-9-18(20)22-21-12-14-6-8-17-19(10-14)24-31-23-17/h2-11,21-22,25H,12H2,1H3. The van der Waals surface area contributed by atoms with Crippen LogP contribution in [0.1, 0.15) is 11.1 Å². The number of nitrogens with one attached hydrogen (secondary N) is 3. The van der Waals surface area contributed by atoms with Crippen LogP contribution in [0.15, 0.2) is 70.2 Å². The van der Waals surface area contributed by atoms with E-state index in [1.54, 1.807) is 43.3 Å². The van der Waals surface area contributed by atoms with Crippen LogP contribution in [0, 0.1) is 17.0 Å². The number of anilines is 2. The maximum Gasteiger partial charge on any atom is 0.270 e. The van der Waals surface area contributed by atoms with Gasteiger partial charge in [0.05, 0.1) is 16.3 Å². The highest BCUT2D eigenvalue weighted by Gasteiger charge is 2.23. The molecule has 1 heterocycles. The molecule has 164 valence electrons. The van der Waals surface area contributed by atoms with Crippen molar-refractivity contribution in [2.75, 3.05) is 10.1 Å². The number of aryl methyl sites for hydroxylation is 1. The summed E-state index contributed by atoms with van der Waals surface area (Å²) in [5, 5.41) is 18.7. The SMILES string of the molecule is Cc1ccccc1NS(=O)(=O)c1cc([N+](=O)[O-])ccc1NNCc1ccc2nonc2c1. The van der Waals surface area contributed by atoms with E-state index in [9.17, 15) is 18.5 Å². The van der Waals surface area contributed by atoms with Crippen LogP contribution in [0.3, 0.4) is 0 Å². The molecule has 4 aromatic rings. The Morgan fingerprint density at radius 2 is 1.78 bits per heavy atom. The first kappa shape index (κ1) is 21.2. The van der Waals surface area contributed by atoms with Crippen molar-refractivity contribution in [3.63, 3.8) is 0 Å². The second-order valence-corrected chi connectivity index (χ2v) is 8.57. The average molecular weight is 454 g/mol. The molecule has 0 aliphatic carbocycles. The van der Waals surface area contributed by atoms with Crippen LogP contribution in [0.4, 0.5) is 17.1 Å². The van der Waals surface area contributed by atoms with E-state index in [0.29, 0.717) is 28.8 Å². The lowest BCUT2D eigenvalue weighted by atomic mass is 10.2. The third kappa shape index (κ3) is 4.50. The van der Waals surface area contributed by atoms with Gasteiger partial charge in [0, 0.05) is 18.7 Å². The Hall–Kier alpha value is -4.03. The molecule has 1 aromatic heterocycles. The van der Waals surface area contributed by atoms with Crippen LogP contribution in [0.5, 0.6) is 0 Å². The van der Waals surface area contributed by atoms with Gasteiger partial charge in [0.25, 0.3) is 15.7 Å². The first-order valence-electron chi connectivity index (χ1n) is 9.40. The minimum atomic E-state index is -4.13. The number of hydrogen-bond acceptors (Lipinski definition) is 9. The Bertz CT molecular complexity index is 1400. The predicted octanol–water partition coefficient (Wildman–Crippen LogP) is 3.36. The van der Waals surface area contributed by atoms with Gasteiger partial charge in [0.2, 0.25) is 0 Å². The van der Waals surface area contributed by atoms with E-state index in [-0.39, 0.29) is 16.3 Å². The molecule has 0 radical (unpaired) electrons. The summed E-state index contributed by atoms with van der Waals surface area (Å²) < 4.78 is 33.3. The van der Waals surface area contributed by atoms with Gasteiger partial charge < -0.3 is 5.43 Å². The number of fused-ring (bicyclic) bond motifs is 1. The normalized spacial score (nSPS) is 11.4. The highest BCUT2D eigenvalue weighted by Crippen LogP contribution is 2.28. The third-order valence-corrected chi connectivity index (χ3v) is 6.09. The lowest BCUT2D eigenvalue weighted by Crippen LogP contribution is -2.24. The van der Waals surface area contributed by atoms with Gasteiger partial charge in [-0.1, -0.05) is 24.3 Å². The van der Waals surface area contributed by atoms with Gasteiger partial charge in [-0.25, -0.2) is 18.5 Å². The fraction of sp³-hybridized carbons (Fsp3) is 0.100. The quantitative estimate of drug-likeness (QED) is 0.269. The number of para-hydroxylation sites is 1. The zero-order valence-electron chi connectivity index (χ0n) is 16.8. The number of aromatic nitrogens is 2. The van der Waals surface area contributed by atoms with Crippen molar-refractivity contribution in [2.45, 2.75) is 18.4 Å². The summed E-state index contributed by atoms with van der Waals surface area (Å²) in [5.41, 5.74) is 8.70. The van der Waals surface area contributed by atoms with E-state index >= 15 is 0 Å². The van der Waals surface area contributed by atoms with E-state index in [1.165, 1.54) is 12.1 Å². The maximum atomic E-state index is 13.1. The smallest absolute Gasteiger partial charge is 0.270 e. The number of non-ortho nitro benzene ring substituents is 1. The summed E-state index contributed by atoms with van der Waals surface area (Å²) in [6, 6.07) is 15.8. The highest BCUT2D eigenvalue weighted by molar-refractivity contribution is 7.92. The number of nitrogens with zero attached hydrogens (tertiary/aromatic N) is 3. The lowest BCUT2D eigenvalue weighted by molar-refractivity contribution is -0.385. The Balaban J connectivity index is 1.58. The Labute approximate surface area is 182 Å².